The molecule has 4 aromatic rings. The van der Waals surface area contributed by atoms with Crippen LogP contribution in [0.15, 0.2) is 76.4 Å². The third-order valence-electron chi connectivity index (χ3n) is 5.38. The third kappa shape index (κ3) is 4.94. The highest BCUT2D eigenvalue weighted by Gasteiger charge is 2.19. The van der Waals surface area contributed by atoms with Gasteiger partial charge in [0.2, 0.25) is 5.91 Å². The Hall–Kier alpha value is -3.74. The molecule has 7 nitrogen and oxygen atoms in total. The van der Waals surface area contributed by atoms with Crippen molar-refractivity contribution in [2.24, 2.45) is 0 Å². The molecule has 0 spiro atoms. The zero-order chi connectivity index (χ0) is 22.3. The SMILES string of the molecule is CCCCN(Cc1ccco1)C(=O)Cn1nc(Cc2cccnc2)c2ccccc2c1=O. The Morgan fingerprint density at radius 1 is 1.09 bits per heavy atom. The molecule has 1 amide bonds. The molecular weight excluding hydrogens is 404 g/mol. The van der Waals surface area contributed by atoms with E-state index in [1.807, 2.05) is 36.4 Å². The monoisotopic (exact) mass is 430 g/mol. The van der Waals surface area contributed by atoms with Crippen LogP contribution in [-0.2, 0) is 24.3 Å². The Balaban J connectivity index is 1.65. The highest BCUT2D eigenvalue weighted by molar-refractivity contribution is 5.84. The fourth-order valence-corrected chi connectivity index (χ4v) is 3.70. The molecule has 0 fully saturated rings. The maximum absolute atomic E-state index is 13.2. The summed E-state index contributed by atoms with van der Waals surface area (Å²) in [6, 6.07) is 14.9. The van der Waals surface area contributed by atoms with Crippen LogP contribution in [0.2, 0.25) is 0 Å². The smallest absolute Gasteiger partial charge is 0.275 e. The van der Waals surface area contributed by atoms with Gasteiger partial charge in [0.05, 0.1) is 23.9 Å². The highest BCUT2D eigenvalue weighted by Crippen LogP contribution is 2.17. The van der Waals surface area contributed by atoms with E-state index in [1.165, 1.54) is 4.68 Å². The van der Waals surface area contributed by atoms with Gasteiger partial charge in [0.25, 0.3) is 5.56 Å². The number of pyridine rings is 1. The predicted octanol–water partition coefficient (Wildman–Crippen LogP) is 3.80. The second-order valence-electron chi connectivity index (χ2n) is 7.74. The molecule has 0 N–H and O–H groups in total. The van der Waals surface area contributed by atoms with Gasteiger partial charge in [-0.05, 0) is 36.2 Å². The highest BCUT2D eigenvalue weighted by atomic mass is 16.3. The van der Waals surface area contributed by atoms with E-state index in [4.69, 9.17) is 4.42 Å². The maximum Gasteiger partial charge on any atom is 0.275 e. The Labute approximate surface area is 186 Å². The van der Waals surface area contributed by atoms with Crippen LogP contribution in [0.1, 0.15) is 36.8 Å². The van der Waals surface area contributed by atoms with E-state index < -0.39 is 0 Å². The molecule has 0 saturated carbocycles. The van der Waals surface area contributed by atoms with Gasteiger partial charge in [-0.15, -0.1) is 0 Å². The molecule has 7 heteroatoms. The van der Waals surface area contributed by atoms with Crippen LogP contribution in [0.4, 0.5) is 0 Å². The molecule has 0 aliphatic heterocycles. The summed E-state index contributed by atoms with van der Waals surface area (Å²) < 4.78 is 6.72. The molecule has 0 radical (unpaired) electrons. The molecule has 4 rings (SSSR count). The number of nitrogens with zero attached hydrogens (tertiary/aromatic N) is 4. The lowest BCUT2D eigenvalue weighted by Crippen LogP contribution is -2.38. The van der Waals surface area contributed by atoms with Crippen LogP contribution >= 0.6 is 0 Å². The number of carbonyl (C=O) groups excluding carboxylic acids is 1. The van der Waals surface area contributed by atoms with Crippen molar-refractivity contribution in [3.63, 3.8) is 0 Å². The molecule has 3 aromatic heterocycles. The van der Waals surface area contributed by atoms with E-state index in [0.717, 1.165) is 29.5 Å². The Morgan fingerprint density at radius 3 is 2.66 bits per heavy atom. The summed E-state index contributed by atoms with van der Waals surface area (Å²) in [6.45, 7) is 2.93. The molecule has 0 aliphatic carbocycles. The molecule has 0 saturated heterocycles. The number of benzene rings is 1. The second kappa shape index (κ2) is 10.0. The summed E-state index contributed by atoms with van der Waals surface area (Å²) in [4.78, 5) is 32.2. The van der Waals surface area contributed by atoms with Gasteiger partial charge in [-0.1, -0.05) is 37.6 Å². The van der Waals surface area contributed by atoms with Crippen LogP contribution in [-0.4, -0.2) is 32.1 Å². The molecule has 3 heterocycles. The fraction of sp³-hybridized carbons (Fsp3) is 0.280. The van der Waals surface area contributed by atoms with E-state index in [9.17, 15) is 9.59 Å². The van der Waals surface area contributed by atoms with Gasteiger partial charge in [0.15, 0.2) is 0 Å². The molecule has 1 aromatic carbocycles. The van der Waals surface area contributed by atoms with E-state index in [1.54, 1.807) is 35.7 Å². The number of hydrogen-bond acceptors (Lipinski definition) is 5. The van der Waals surface area contributed by atoms with Crippen molar-refractivity contribution < 1.29 is 9.21 Å². The van der Waals surface area contributed by atoms with Gasteiger partial charge < -0.3 is 9.32 Å². The first-order chi connectivity index (χ1) is 15.7. The van der Waals surface area contributed by atoms with Gasteiger partial charge in [0.1, 0.15) is 12.3 Å². The molecule has 0 bridgehead atoms. The average molecular weight is 431 g/mol. The lowest BCUT2D eigenvalue weighted by atomic mass is 10.1. The largest absolute Gasteiger partial charge is 0.467 e. The third-order valence-corrected chi connectivity index (χ3v) is 5.38. The summed E-state index contributed by atoms with van der Waals surface area (Å²) in [5.74, 6) is 0.553. The summed E-state index contributed by atoms with van der Waals surface area (Å²) >= 11 is 0. The fourth-order valence-electron chi connectivity index (χ4n) is 3.70. The average Bonchev–Trinajstić information content (AvgIpc) is 3.33. The first-order valence-electron chi connectivity index (χ1n) is 10.8. The molecule has 164 valence electrons. The number of hydrogen-bond donors (Lipinski definition) is 0. The molecule has 0 unspecified atom stereocenters. The van der Waals surface area contributed by atoms with Crippen LogP contribution in [0.5, 0.6) is 0 Å². The van der Waals surface area contributed by atoms with Crippen molar-refractivity contribution >= 4 is 16.7 Å². The number of aromatic nitrogens is 3. The summed E-state index contributed by atoms with van der Waals surface area (Å²) in [5, 5.41) is 5.95. The number of furan rings is 1. The molecule has 32 heavy (non-hydrogen) atoms. The van der Waals surface area contributed by atoms with Gasteiger partial charge in [-0.25, -0.2) is 4.68 Å². The van der Waals surface area contributed by atoms with Gasteiger partial charge >= 0.3 is 0 Å². The zero-order valence-electron chi connectivity index (χ0n) is 18.1. The number of amides is 1. The standard InChI is InChI=1S/C25H26N4O3/c1-2-3-13-28(17-20-9-7-14-32-20)24(30)18-29-25(31)22-11-5-4-10-21(22)23(27-29)15-19-8-6-12-26-16-19/h4-12,14,16H,2-3,13,15,17-18H2,1H3. The number of carbonyl (C=O) groups is 1. The van der Waals surface area contributed by atoms with Crippen LogP contribution in [0, 0.1) is 0 Å². The van der Waals surface area contributed by atoms with E-state index >= 15 is 0 Å². The van der Waals surface area contributed by atoms with Crippen molar-refractivity contribution in [2.75, 3.05) is 6.54 Å². The van der Waals surface area contributed by atoms with Crippen molar-refractivity contribution in [1.29, 1.82) is 0 Å². The summed E-state index contributed by atoms with van der Waals surface area (Å²) in [5.41, 5.74) is 1.47. The first kappa shape index (κ1) is 21.5. The van der Waals surface area contributed by atoms with E-state index in [-0.39, 0.29) is 18.0 Å². The normalized spacial score (nSPS) is 11.0. The molecular formula is C25H26N4O3. The summed E-state index contributed by atoms with van der Waals surface area (Å²) in [6.07, 6.45) is 7.46. The Morgan fingerprint density at radius 2 is 1.94 bits per heavy atom. The Kier molecular flexibility index (Phi) is 6.75. The minimum atomic E-state index is -0.266. The van der Waals surface area contributed by atoms with Gasteiger partial charge in [0, 0.05) is 30.7 Å². The number of unbranched alkanes of at least 4 members (excludes halogenated alkanes) is 1. The lowest BCUT2D eigenvalue weighted by molar-refractivity contribution is -0.133. The first-order valence-corrected chi connectivity index (χ1v) is 10.8. The van der Waals surface area contributed by atoms with Crippen LogP contribution in [0.25, 0.3) is 10.8 Å². The summed E-state index contributed by atoms with van der Waals surface area (Å²) in [7, 11) is 0. The van der Waals surface area contributed by atoms with Crippen LogP contribution < -0.4 is 5.56 Å². The van der Waals surface area contributed by atoms with Crippen LogP contribution in [0.3, 0.4) is 0 Å². The quantitative estimate of drug-likeness (QED) is 0.403. The van der Waals surface area contributed by atoms with Crippen molar-refractivity contribution in [1.82, 2.24) is 19.7 Å². The lowest BCUT2D eigenvalue weighted by Gasteiger charge is -2.22. The van der Waals surface area contributed by atoms with E-state index in [2.05, 4.69) is 17.0 Å². The van der Waals surface area contributed by atoms with E-state index in [0.29, 0.717) is 30.7 Å². The zero-order valence-corrected chi connectivity index (χ0v) is 18.1. The number of rotatable bonds is 9. The maximum atomic E-state index is 13.2. The second-order valence-corrected chi connectivity index (χ2v) is 7.74. The van der Waals surface area contributed by atoms with Crippen molar-refractivity contribution in [2.45, 2.75) is 39.3 Å². The van der Waals surface area contributed by atoms with Gasteiger partial charge in [-0.2, -0.15) is 5.10 Å². The van der Waals surface area contributed by atoms with Crippen molar-refractivity contribution in [3.05, 3.63) is 94.6 Å². The topological polar surface area (TPSA) is 81.2 Å². The minimum absolute atomic E-state index is 0.117. The minimum Gasteiger partial charge on any atom is -0.467 e. The van der Waals surface area contributed by atoms with Crippen molar-refractivity contribution in [3.8, 4) is 0 Å². The van der Waals surface area contributed by atoms with Gasteiger partial charge in [-0.3, -0.25) is 14.6 Å². The predicted molar refractivity (Wildman–Crippen MR) is 122 cm³/mol. The Bertz CT molecular complexity index is 1230. The number of fused-ring (bicyclic) bond motifs is 1. The molecule has 0 aliphatic rings. The molecule has 0 atom stereocenters.